The highest BCUT2D eigenvalue weighted by Crippen LogP contribution is 2.23. The van der Waals surface area contributed by atoms with Crippen molar-refractivity contribution in [1.82, 2.24) is 15.5 Å². The Bertz CT molecular complexity index is 269. The molecule has 0 aliphatic heterocycles. The van der Waals surface area contributed by atoms with Crippen molar-refractivity contribution in [3.05, 3.63) is 5.89 Å². The van der Waals surface area contributed by atoms with Crippen molar-refractivity contribution in [3.8, 4) is 0 Å². The Hall–Kier alpha value is -1.10. The third-order valence-corrected chi connectivity index (χ3v) is 1.90. The molecule has 0 saturated heterocycles. The fourth-order valence-electron chi connectivity index (χ4n) is 1.02. The number of hydrogen-bond donors (Lipinski definition) is 2. The Balaban J connectivity index is 1.84. The summed E-state index contributed by atoms with van der Waals surface area (Å²) in [6.45, 7) is 3.60. The van der Waals surface area contributed by atoms with Crippen molar-refractivity contribution >= 4 is 6.01 Å². The lowest BCUT2D eigenvalue weighted by molar-refractivity contribution is 0.481. The monoisotopic (exact) mass is 182 g/mol. The molecule has 0 bridgehead atoms. The van der Waals surface area contributed by atoms with Gasteiger partial charge in [0, 0.05) is 6.04 Å². The Kier molecular flexibility index (Phi) is 2.44. The number of rotatable bonds is 5. The van der Waals surface area contributed by atoms with Crippen LogP contribution in [0.15, 0.2) is 4.42 Å². The van der Waals surface area contributed by atoms with Crippen molar-refractivity contribution < 1.29 is 4.42 Å². The Morgan fingerprint density at radius 3 is 3.00 bits per heavy atom. The van der Waals surface area contributed by atoms with E-state index in [0.717, 1.165) is 6.54 Å². The third-order valence-electron chi connectivity index (χ3n) is 1.90. The first kappa shape index (κ1) is 8.50. The predicted octanol–water partition coefficient (Wildman–Crippen LogP) is 0.753. The first-order chi connectivity index (χ1) is 6.38. The van der Waals surface area contributed by atoms with Gasteiger partial charge in [-0.1, -0.05) is 12.0 Å². The van der Waals surface area contributed by atoms with Crippen LogP contribution in [0.25, 0.3) is 0 Å². The van der Waals surface area contributed by atoms with E-state index >= 15 is 0 Å². The fraction of sp³-hybridized carbons (Fsp3) is 0.750. The SMILES string of the molecule is CCNCc1nnc(NC2CC2)o1. The van der Waals surface area contributed by atoms with E-state index in [-0.39, 0.29) is 0 Å². The summed E-state index contributed by atoms with van der Waals surface area (Å²) in [5.41, 5.74) is 0. The molecule has 0 spiro atoms. The normalized spacial score (nSPS) is 16.1. The minimum atomic E-state index is 0.551. The van der Waals surface area contributed by atoms with Crippen molar-refractivity contribution in [2.75, 3.05) is 11.9 Å². The van der Waals surface area contributed by atoms with Gasteiger partial charge in [0.1, 0.15) is 0 Å². The minimum Gasteiger partial charge on any atom is -0.407 e. The lowest BCUT2D eigenvalue weighted by Gasteiger charge is -1.95. The average Bonchev–Trinajstić information content (AvgIpc) is 2.81. The maximum absolute atomic E-state index is 5.34. The second-order valence-electron chi connectivity index (χ2n) is 3.20. The summed E-state index contributed by atoms with van der Waals surface area (Å²) >= 11 is 0. The number of aromatic nitrogens is 2. The molecule has 1 saturated carbocycles. The zero-order chi connectivity index (χ0) is 9.10. The highest BCUT2D eigenvalue weighted by atomic mass is 16.4. The molecular formula is C8H14N4O. The van der Waals surface area contributed by atoms with Gasteiger partial charge >= 0.3 is 6.01 Å². The fourth-order valence-corrected chi connectivity index (χ4v) is 1.02. The van der Waals surface area contributed by atoms with Crippen molar-refractivity contribution in [2.45, 2.75) is 32.4 Å². The number of nitrogens with one attached hydrogen (secondary N) is 2. The van der Waals surface area contributed by atoms with Gasteiger partial charge in [-0.25, -0.2) is 0 Å². The molecular weight excluding hydrogens is 168 g/mol. The average molecular weight is 182 g/mol. The predicted molar refractivity (Wildman–Crippen MR) is 48.3 cm³/mol. The van der Waals surface area contributed by atoms with Crippen LogP contribution in [0.4, 0.5) is 6.01 Å². The van der Waals surface area contributed by atoms with E-state index in [0.29, 0.717) is 24.5 Å². The molecule has 5 nitrogen and oxygen atoms in total. The molecule has 0 atom stereocenters. The standard InChI is InChI=1S/C8H14N4O/c1-2-9-5-7-11-12-8(13-7)10-6-3-4-6/h6,9H,2-5H2,1H3,(H,10,12). The summed E-state index contributed by atoms with van der Waals surface area (Å²) in [7, 11) is 0. The summed E-state index contributed by atoms with van der Waals surface area (Å²) in [5.74, 6) is 0.644. The second-order valence-corrected chi connectivity index (χ2v) is 3.20. The molecule has 0 amide bonds. The van der Waals surface area contributed by atoms with Gasteiger partial charge in [-0.3, -0.25) is 0 Å². The van der Waals surface area contributed by atoms with Crippen molar-refractivity contribution in [1.29, 1.82) is 0 Å². The second kappa shape index (κ2) is 3.74. The minimum absolute atomic E-state index is 0.551. The Morgan fingerprint density at radius 1 is 1.46 bits per heavy atom. The van der Waals surface area contributed by atoms with E-state index in [4.69, 9.17) is 4.42 Å². The molecule has 0 aromatic carbocycles. The van der Waals surface area contributed by atoms with Crippen LogP contribution in [0.3, 0.4) is 0 Å². The molecule has 13 heavy (non-hydrogen) atoms. The smallest absolute Gasteiger partial charge is 0.315 e. The van der Waals surface area contributed by atoms with Gasteiger partial charge in [-0.15, -0.1) is 5.10 Å². The third kappa shape index (κ3) is 2.42. The Morgan fingerprint density at radius 2 is 2.31 bits per heavy atom. The first-order valence-corrected chi connectivity index (χ1v) is 4.68. The van der Waals surface area contributed by atoms with Crippen LogP contribution in [-0.2, 0) is 6.54 Å². The molecule has 5 heteroatoms. The van der Waals surface area contributed by atoms with E-state index in [9.17, 15) is 0 Å². The van der Waals surface area contributed by atoms with Gasteiger partial charge in [0.05, 0.1) is 6.54 Å². The number of anilines is 1. The number of nitrogens with zero attached hydrogens (tertiary/aromatic N) is 2. The molecule has 1 aromatic heterocycles. The van der Waals surface area contributed by atoms with Gasteiger partial charge in [0.2, 0.25) is 5.89 Å². The van der Waals surface area contributed by atoms with Gasteiger partial charge in [0.15, 0.2) is 0 Å². The molecule has 1 heterocycles. The van der Waals surface area contributed by atoms with E-state index in [1.807, 2.05) is 6.92 Å². The largest absolute Gasteiger partial charge is 0.407 e. The van der Waals surface area contributed by atoms with Crippen LogP contribution in [0.1, 0.15) is 25.7 Å². The maximum Gasteiger partial charge on any atom is 0.315 e. The summed E-state index contributed by atoms with van der Waals surface area (Å²) in [6.07, 6.45) is 2.43. The van der Waals surface area contributed by atoms with Crippen LogP contribution in [0, 0.1) is 0 Å². The van der Waals surface area contributed by atoms with Gasteiger partial charge in [0.25, 0.3) is 0 Å². The molecule has 1 fully saturated rings. The van der Waals surface area contributed by atoms with Crippen LogP contribution < -0.4 is 10.6 Å². The summed E-state index contributed by atoms with van der Waals surface area (Å²) in [4.78, 5) is 0. The topological polar surface area (TPSA) is 63.0 Å². The lowest BCUT2D eigenvalue weighted by atomic mass is 10.6. The zero-order valence-electron chi connectivity index (χ0n) is 7.71. The molecule has 0 unspecified atom stereocenters. The van der Waals surface area contributed by atoms with Crippen LogP contribution in [-0.4, -0.2) is 22.8 Å². The van der Waals surface area contributed by atoms with Crippen molar-refractivity contribution in [2.24, 2.45) is 0 Å². The molecule has 72 valence electrons. The van der Waals surface area contributed by atoms with Crippen LogP contribution in [0.2, 0.25) is 0 Å². The van der Waals surface area contributed by atoms with E-state index < -0.39 is 0 Å². The molecule has 1 aromatic rings. The van der Waals surface area contributed by atoms with Gasteiger partial charge in [-0.05, 0) is 19.4 Å². The lowest BCUT2D eigenvalue weighted by Crippen LogP contribution is -2.11. The zero-order valence-corrected chi connectivity index (χ0v) is 7.71. The van der Waals surface area contributed by atoms with Gasteiger partial charge < -0.3 is 15.1 Å². The summed E-state index contributed by atoms with van der Waals surface area (Å²) in [6, 6.07) is 1.11. The highest BCUT2D eigenvalue weighted by molar-refractivity contribution is 5.22. The van der Waals surface area contributed by atoms with Crippen molar-refractivity contribution in [3.63, 3.8) is 0 Å². The molecule has 2 rings (SSSR count). The van der Waals surface area contributed by atoms with Crippen LogP contribution >= 0.6 is 0 Å². The van der Waals surface area contributed by atoms with Gasteiger partial charge in [-0.2, -0.15) is 0 Å². The summed E-state index contributed by atoms with van der Waals surface area (Å²) < 4.78 is 5.34. The molecule has 1 aliphatic carbocycles. The molecule has 1 aliphatic rings. The summed E-state index contributed by atoms with van der Waals surface area (Å²) in [5, 5.41) is 14.0. The highest BCUT2D eigenvalue weighted by Gasteiger charge is 2.23. The molecule has 2 N–H and O–H groups in total. The quantitative estimate of drug-likeness (QED) is 0.703. The molecule has 0 radical (unpaired) electrons. The number of hydrogen-bond acceptors (Lipinski definition) is 5. The van der Waals surface area contributed by atoms with Crippen LogP contribution in [0.5, 0.6) is 0 Å². The first-order valence-electron chi connectivity index (χ1n) is 4.68. The van der Waals surface area contributed by atoms with E-state index in [2.05, 4.69) is 20.8 Å². The maximum atomic E-state index is 5.34. The Labute approximate surface area is 76.9 Å². The van der Waals surface area contributed by atoms with E-state index in [1.54, 1.807) is 0 Å². The van der Waals surface area contributed by atoms with E-state index in [1.165, 1.54) is 12.8 Å².